The zero-order valence-corrected chi connectivity index (χ0v) is 15.4. The second-order valence-electron chi connectivity index (χ2n) is 7.50. The molecule has 0 saturated heterocycles. The minimum Gasteiger partial charge on any atom is -0.491 e. The first-order valence-electron chi connectivity index (χ1n) is 8.12. The average molecular weight is 352 g/mol. The second kappa shape index (κ2) is 8.20. The number of rotatable bonds is 7. The van der Waals surface area contributed by atoms with Crippen LogP contribution in [0.2, 0.25) is 0 Å². The molecule has 7 heteroatoms. The van der Waals surface area contributed by atoms with Gasteiger partial charge < -0.3 is 25.6 Å². The van der Waals surface area contributed by atoms with E-state index in [1.54, 1.807) is 0 Å². The van der Waals surface area contributed by atoms with Crippen molar-refractivity contribution in [2.45, 2.75) is 51.7 Å². The van der Waals surface area contributed by atoms with Crippen LogP contribution in [0.3, 0.4) is 0 Å². The Bertz CT molecular complexity index is 590. The van der Waals surface area contributed by atoms with Crippen LogP contribution in [-0.2, 0) is 10.2 Å². The number of aliphatic hydroxyl groups excluding tert-OH is 1. The highest BCUT2D eigenvalue weighted by atomic mass is 16.5. The van der Waals surface area contributed by atoms with Gasteiger partial charge in [-0.3, -0.25) is 0 Å². The molecule has 0 radical (unpaired) electrons. The van der Waals surface area contributed by atoms with Crippen LogP contribution in [0.25, 0.3) is 0 Å². The van der Waals surface area contributed by atoms with E-state index < -0.39 is 23.6 Å². The van der Waals surface area contributed by atoms with Crippen LogP contribution in [0.4, 0.5) is 4.79 Å². The Hall–Kier alpha value is -2.28. The normalized spacial score (nSPS) is 13.0. The van der Waals surface area contributed by atoms with E-state index in [1.165, 1.54) is 19.4 Å². The summed E-state index contributed by atoms with van der Waals surface area (Å²) in [5.74, 6) is -0.520. The minimum atomic E-state index is -1.39. The van der Waals surface area contributed by atoms with E-state index >= 15 is 0 Å². The van der Waals surface area contributed by atoms with Crippen LogP contribution in [-0.4, -0.2) is 47.0 Å². The largest absolute Gasteiger partial charge is 0.491 e. The van der Waals surface area contributed by atoms with Crippen LogP contribution in [0.15, 0.2) is 24.3 Å². The number of carbonyl (C=O) groups is 2. The van der Waals surface area contributed by atoms with Gasteiger partial charge in [-0.25, -0.2) is 9.59 Å². The molecule has 0 saturated carbocycles. The first-order valence-corrected chi connectivity index (χ1v) is 8.12. The number of nitrogens with one attached hydrogen (secondary N) is 2. The van der Waals surface area contributed by atoms with Gasteiger partial charge in [0.05, 0.1) is 0 Å². The molecule has 1 aromatic carbocycles. The Morgan fingerprint density at radius 2 is 1.68 bits per heavy atom. The van der Waals surface area contributed by atoms with E-state index in [1.807, 2.05) is 24.3 Å². The molecule has 0 aromatic heterocycles. The maximum atomic E-state index is 11.6. The third kappa shape index (κ3) is 7.01. The lowest BCUT2D eigenvalue weighted by Crippen LogP contribution is -2.54. The molecular weight excluding hydrogens is 324 g/mol. The molecule has 4 N–H and O–H groups in total. The molecule has 0 aliphatic heterocycles. The molecule has 0 heterocycles. The van der Waals surface area contributed by atoms with E-state index in [9.17, 15) is 14.7 Å². The van der Waals surface area contributed by atoms with E-state index in [2.05, 4.69) is 31.4 Å². The Balaban J connectivity index is 2.39. The van der Waals surface area contributed by atoms with Crippen molar-refractivity contribution >= 4 is 12.0 Å². The molecule has 0 aliphatic carbocycles. The molecule has 1 unspecified atom stereocenters. The number of hydrogen-bond donors (Lipinski definition) is 4. The Morgan fingerprint density at radius 3 is 2.16 bits per heavy atom. The highest BCUT2D eigenvalue weighted by Gasteiger charge is 2.28. The van der Waals surface area contributed by atoms with E-state index in [4.69, 9.17) is 9.84 Å². The van der Waals surface area contributed by atoms with Crippen molar-refractivity contribution in [2.24, 2.45) is 0 Å². The van der Waals surface area contributed by atoms with Gasteiger partial charge in [-0.2, -0.15) is 0 Å². The van der Waals surface area contributed by atoms with Crippen LogP contribution in [0, 0.1) is 0 Å². The average Bonchev–Trinajstić information content (AvgIpc) is 2.50. The Labute approximate surface area is 148 Å². The molecule has 25 heavy (non-hydrogen) atoms. The van der Waals surface area contributed by atoms with Gasteiger partial charge >= 0.3 is 12.0 Å². The highest BCUT2D eigenvalue weighted by molar-refractivity contribution is 5.85. The molecule has 1 atom stereocenters. The number of carbonyl (C=O) groups excluding carboxylic acids is 1. The number of hydrogen-bond acceptors (Lipinski definition) is 4. The zero-order chi connectivity index (χ0) is 19.3. The van der Waals surface area contributed by atoms with Gasteiger partial charge in [0.15, 0.2) is 0 Å². The quantitative estimate of drug-likeness (QED) is 0.599. The molecule has 0 spiro atoms. The van der Waals surface area contributed by atoms with Crippen molar-refractivity contribution in [1.82, 2.24) is 10.6 Å². The van der Waals surface area contributed by atoms with Crippen molar-refractivity contribution in [2.75, 3.05) is 13.2 Å². The SMILES string of the molecule is CC(C)(NC(=O)NCC(O)COc1ccc(C(C)(C)C)cc1)C(=O)O. The predicted octanol–water partition coefficient (Wildman–Crippen LogP) is 1.89. The van der Waals surface area contributed by atoms with E-state index in [-0.39, 0.29) is 18.6 Å². The molecule has 0 bridgehead atoms. The molecule has 140 valence electrons. The first kappa shape index (κ1) is 20.8. The summed E-state index contributed by atoms with van der Waals surface area (Å²) in [5, 5.41) is 23.5. The monoisotopic (exact) mass is 352 g/mol. The number of carboxylic acid groups (broad SMARTS) is 1. The van der Waals surface area contributed by atoms with Gasteiger partial charge in [0.1, 0.15) is 24.0 Å². The number of amides is 2. The fourth-order valence-corrected chi connectivity index (χ4v) is 1.89. The number of benzene rings is 1. The second-order valence-corrected chi connectivity index (χ2v) is 7.50. The van der Waals surface area contributed by atoms with Crippen LogP contribution >= 0.6 is 0 Å². The van der Waals surface area contributed by atoms with E-state index in [0.717, 1.165) is 0 Å². The summed E-state index contributed by atoms with van der Waals surface area (Å²) in [6, 6.07) is 6.95. The number of aliphatic hydroxyl groups is 1. The van der Waals surface area contributed by atoms with Crippen LogP contribution in [0.5, 0.6) is 5.75 Å². The van der Waals surface area contributed by atoms with Crippen molar-refractivity contribution in [3.05, 3.63) is 29.8 Å². The molecule has 2 amide bonds. The van der Waals surface area contributed by atoms with E-state index in [0.29, 0.717) is 5.75 Å². The van der Waals surface area contributed by atoms with Gasteiger partial charge in [0.2, 0.25) is 0 Å². The maximum absolute atomic E-state index is 11.6. The summed E-state index contributed by atoms with van der Waals surface area (Å²) in [4.78, 5) is 22.6. The summed E-state index contributed by atoms with van der Waals surface area (Å²) in [6.07, 6.45) is -0.916. The fraction of sp³-hybridized carbons (Fsp3) is 0.556. The summed E-state index contributed by atoms with van der Waals surface area (Å²) in [6.45, 7) is 9.06. The third-order valence-corrected chi connectivity index (χ3v) is 3.62. The standard InChI is InChI=1S/C18H28N2O5/c1-17(2,3)12-6-8-14(9-7-12)25-11-13(21)10-19-16(24)20-18(4,5)15(22)23/h6-9,13,21H,10-11H2,1-5H3,(H,22,23)(H2,19,20,24). The van der Waals surface area contributed by atoms with Crippen molar-refractivity contribution < 1.29 is 24.5 Å². The summed E-state index contributed by atoms with van der Waals surface area (Å²) in [5.41, 5.74) is -0.154. The molecule has 0 fully saturated rings. The highest BCUT2D eigenvalue weighted by Crippen LogP contribution is 2.24. The molecular formula is C18H28N2O5. The smallest absolute Gasteiger partial charge is 0.328 e. The maximum Gasteiger partial charge on any atom is 0.328 e. The number of urea groups is 1. The van der Waals surface area contributed by atoms with Gasteiger partial charge in [0.25, 0.3) is 0 Å². The number of carboxylic acids is 1. The van der Waals surface area contributed by atoms with Crippen LogP contribution < -0.4 is 15.4 Å². The molecule has 1 rings (SSSR count). The Morgan fingerprint density at radius 1 is 1.12 bits per heavy atom. The Kier molecular flexibility index (Phi) is 6.81. The van der Waals surface area contributed by atoms with Gasteiger partial charge in [-0.1, -0.05) is 32.9 Å². The lowest BCUT2D eigenvalue weighted by molar-refractivity contribution is -0.142. The zero-order valence-electron chi connectivity index (χ0n) is 15.4. The van der Waals surface area contributed by atoms with Crippen LogP contribution in [0.1, 0.15) is 40.2 Å². The summed E-state index contributed by atoms with van der Waals surface area (Å²) < 4.78 is 5.49. The van der Waals surface area contributed by atoms with Crippen molar-refractivity contribution in [1.29, 1.82) is 0 Å². The fourth-order valence-electron chi connectivity index (χ4n) is 1.89. The first-order chi connectivity index (χ1) is 11.4. The number of aliphatic carboxylic acids is 1. The van der Waals surface area contributed by atoms with Gasteiger partial charge in [0, 0.05) is 6.54 Å². The van der Waals surface area contributed by atoms with Crippen molar-refractivity contribution in [3.63, 3.8) is 0 Å². The summed E-state index contributed by atoms with van der Waals surface area (Å²) >= 11 is 0. The lowest BCUT2D eigenvalue weighted by atomic mass is 9.87. The van der Waals surface area contributed by atoms with Crippen molar-refractivity contribution in [3.8, 4) is 5.75 Å². The molecule has 0 aliphatic rings. The molecule has 1 aromatic rings. The third-order valence-electron chi connectivity index (χ3n) is 3.62. The topological polar surface area (TPSA) is 108 Å². The lowest BCUT2D eigenvalue weighted by Gasteiger charge is -2.22. The summed E-state index contributed by atoms with van der Waals surface area (Å²) in [7, 11) is 0. The minimum absolute atomic E-state index is 0.0114. The number of ether oxygens (including phenoxy) is 1. The van der Waals surface area contributed by atoms with Gasteiger partial charge in [-0.15, -0.1) is 0 Å². The van der Waals surface area contributed by atoms with Gasteiger partial charge in [-0.05, 0) is 37.0 Å². The molecule has 7 nitrogen and oxygen atoms in total. The predicted molar refractivity (Wildman–Crippen MR) is 94.9 cm³/mol.